The number of hydrogen-bond donors (Lipinski definition) is 0. The second kappa shape index (κ2) is 15.6. The molecule has 0 saturated carbocycles. The van der Waals surface area contributed by atoms with Crippen molar-refractivity contribution in [2.45, 2.75) is 0 Å². The van der Waals surface area contributed by atoms with E-state index in [0.29, 0.717) is 0 Å². The molecule has 0 amide bonds. The molecule has 0 unspecified atom stereocenters. The van der Waals surface area contributed by atoms with Gasteiger partial charge >= 0.3 is 0 Å². The van der Waals surface area contributed by atoms with E-state index >= 15 is 0 Å². The second-order valence-corrected chi connectivity index (χ2v) is 14.4. The lowest BCUT2D eigenvalue weighted by molar-refractivity contribution is 0.627. The first-order valence-corrected chi connectivity index (χ1v) is 19.8. The van der Waals surface area contributed by atoms with Crippen LogP contribution in [0.15, 0.2) is 237 Å². The van der Waals surface area contributed by atoms with Gasteiger partial charge in [0.2, 0.25) is 0 Å². The highest BCUT2D eigenvalue weighted by Gasteiger charge is 2.21. The van der Waals surface area contributed by atoms with Gasteiger partial charge in [-0.3, -0.25) is 0 Å². The Morgan fingerprint density at radius 3 is 1.08 bits per heavy atom. The van der Waals surface area contributed by atoms with Crippen LogP contribution in [-0.2, 0) is 0 Å². The number of para-hydroxylation sites is 5. The number of rotatable bonds is 10. The maximum atomic E-state index is 14.3. The molecule has 0 N–H and O–H groups in total. The number of aromatic nitrogens is 1. The van der Waals surface area contributed by atoms with Crippen LogP contribution in [-0.4, -0.2) is 4.57 Å². The van der Waals surface area contributed by atoms with Crippen LogP contribution in [0.1, 0.15) is 0 Å². The molecule has 0 bridgehead atoms. The van der Waals surface area contributed by atoms with Crippen LogP contribution in [0.25, 0.3) is 27.5 Å². The van der Waals surface area contributed by atoms with Crippen LogP contribution < -0.4 is 14.7 Å². The number of fused-ring (bicyclic) bond motifs is 3. The molecule has 0 atom stereocenters. The highest BCUT2D eigenvalue weighted by molar-refractivity contribution is 6.10. The van der Waals surface area contributed by atoms with Crippen LogP contribution >= 0.6 is 0 Å². The van der Waals surface area contributed by atoms with Gasteiger partial charge in [0.05, 0.1) is 11.0 Å². The summed E-state index contributed by atoms with van der Waals surface area (Å²) in [6.07, 6.45) is 0. The highest BCUT2D eigenvalue weighted by Crippen LogP contribution is 2.44. The molecule has 0 aliphatic carbocycles. The average molecular weight is 763 g/mol. The smallest absolute Gasteiger partial charge is 0.123 e. The van der Waals surface area contributed by atoms with E-state index in [4.69, 9.17) is 0 Å². The number of benzene rings is 9. The zero-order valence-corrected chi connectivity index (χ0v) is 32.2. The average Bonchev–Trinajstić information content (AvgIpc) is 3.62. The number of halogens is 1. The SMILES string of the molecule is Fc1ccc(-n2c3ccccc3c3ccc(N(c4cccc(N(c5ccccc5)c5ccccc5)c4)c4cccc(N(c5ccccc5)c5ccccc5)c4)cc32)cc1. The molecule has 0 radical (unpaired) electrons. The largest absolute Gasteiger partial charge is 0.310 e. The molecule has 0 spiro atoms. The molecular formula is C54H39FN4. The van der Waals surface area contributed by atoms with E-state index in [9.17, 15) is 4.39 Å². The summed E-state index contributed by atoms with van der Waals surface area (Å²) in [5.74, 6) is -0.263. The van der Waals surface area contributed by atoms with Gasteiger partial charge in [-0.1, -0.05) is 109 Å². The predicted octanol–water partition coefficient (Wildman–Crippen LogP) is 15.3. The van der Waals surface area contributed by atoms with Gasteiger partial charge in [0.1, 0.15) is 5.82 Å². The Labute approximate surface area is 343 Å². The van der Waals surface area contributed by atoms with Crippen molar-refractivity contribution in [2.24, 2.45) is 0 Å². The summed E-state index contributed by atoms with van der Waals surface area (Å²) in [6.45, 7) is 0. The zero-order chi connectivity index (χ0) is 39.5. The summed E-state index contributed by atoms with van der Waals surface area (Å²) in [7, 11) is 0. The second-order valence-electron chi connectivity index (χ2n) is 14.4. The lowest BCUT2D eigenvalue weighted by Crippen LogP contribution is -2.14. The first kappa shape index (κ1) is 35.5. The molecule has 1 aromatic heterocycles. The molecule has 5 heteroatoms. The molecule has 10 aromatic rings. The molecule has 0 aliphatic rings. The minimum absolute atomic E-state index is 0.263. The van der Waals surface area contributed by atoms with Crippen molar-refractivity contribution in [1.82, 2.24) is 4.57 Å². The molecule has 10 rings (SSSR count). The summed E-state index contributed by atoms with van der Waals surface area (Å²) in [6, 6.07) is 81.3. The quantitative estimate of drug-likeness (QED) is 0.138. The predicted molar refractivity (Wildman–Crippen MR) is 245 cm³/mol. The fourth-order valence-corrected chi connectivity index (χ4v) is 8.16. The lowest BCUT2D eigenvalue weighted by atomic mass is 10.1. The summed E-state index contributed by atoms with van der Waals surface area (Å²) in [5.41, 5.74) is 12.3. The van der Waals surface area contributed by atoms with E-state index in [0.717, 1.165) is 78.7 Å². The van der Waals surface area contributed by atoms with Crippen molar-refractivity contribution in [3.63, 3.8) is 0 Å². The molecule has 1 heterocycles. The Morgan fingerprint density at radius 2 is 0.627 bits per heavy atom. The maximum Gasteiger partial charge on any atom is 0.123 e. The molecule has 59 heavy (non-hydrogen) atoms. The number of anilines is 9. The molecule has 4 nitrogen and oxygen atoms in total. The molecule has 0 aliphatic heterocycles. The first-order valence-electron chi connectivity index (χ1n) is 19.8. The van der Waals surface area contributed by atoms with Crippen molar-refractivity contribution in [3.8, 4) is 5.69 Å². The van der Waals surface area contributed by atoms with Crippen molar-refractivity contribution >= 4 is 73.0 Å². The number of nitrogens with zero attached hydrogens (tertiary/aromatic N) is 4. The molecule has 0 saturated heterocycles. The van der Waals surface area contributed by atoms with E-state index in [1.807, 2.05) is 36.4 Å². The van der Waals surface area contributed by atoms with Gasteiger partial charge in [-0.15, -0.1) is 0 Å². The highest BCUT2D eigenvalue weighted by atomic mass is 19.1. The first-order chi connectivity index (χ1) is 29.2. The summed E-state index contributed by atoms with van der Waals surface area (Å²) < 4.78 is 16.5. The summed E-state index contributed by atoms with van der Waals surface area (Å²) in [4.78, 5) is 6.92. The van der Waals surface area contributed by atoms with Crippen LogP contribution in [0.4, 0.5) is 55.6 Å². The Balaban J connectivity index is 1.20. The van der Waals surface area contributed by atoms with E-state index in [2.05, 4.69) is 207 Å². The van der Waals surface area contributed by atoms with Gasteiger partial charge in [-0.25, -0.2) is 4.39 Å². The Morgan fingerprint density at radius 1 is 0.271 bits per heavy atom. The van der Waals surface area contributed by atoms with Gasteiger partial charge in [0.15, 0.2) is 0 Å². The number of hydrogen-bond acceptors (Lipinski definition) is 3. The van der Waals surface area contributed by atoms with Crippen LogP contribution in [0.5, 0.6) is 0 Å². The monoisotopic (exact) mass is 762 g/mol. The van der Waals surface area contributed by atoms with Crippen molar-refractivity contribution in [3.05, 3.63) is 242 Å². The minimum atomic E-state index is -0.263. The van der Waals surface area contributed by atoms with E-state index in [1.54, 1.807) is 0 Å². The van der Waals surface area contributed by atoms with Crippen LogP contribution in [0.2, 0.25) is 0 Å². The third-order valence-corrected chi connectivity index (χ3v) is 10.8. The van der Waals surface area contributed by atoms with Crippen LogP contribution in [0, 0.1) is 5.82 Å². The lowest BCUT2D eigenvalue weighted by Gasteiger charge is -2.31. The normalized spacial score (nSPS) is 11.1. The van der Waals surface area contributed by atoms with Crippen molar-refractivity contribution in [2.75, 3.05) is 14.7 Å². The Hall–Kier alpha value is -7.89. The van der Waals surface area contributed by atoms with Crippen LogP contribution in [0.3, 0.4) is 0 Å². The van der Waals surface area contributed by atoms with Crippen molar-refractivity contribution < 1.29 is 4.39 Å². The van der Waals surface area contributed by atoms with E-state index < -0.39 is 0 Å². The summed E-state index contributed by atoms with van der Waals surface area (Å²) in [5, 5.41) is 2.26. The third kappa shape index (κ3) is 6.85. The van der Waals surface area contributed by atoms with Gasteiger partial charge in [0.25, 0.3) is 0 Å². The Kier molecular flexibility index (Phi) is 9.37. The third-order valence-electron chi connectivity index (χ3n) is 10.8. The van der Waals surface area contributed by atoms with E-state index in [1.165, 1.54) is 12.1 Å². The van der Waals surface area contributed by atoms with Gasteiger partial charge in [-0.05, 0) is 127 Å². The fourth-order valence-electron chi connectivity index (χ4n) is 8.16. The fraction of sp³-hybridized carbons (Fsp3) is 0. The standard InChI is InChI=1S/C54H39FN4/c55-40-31-33-45(34-32-40)59-53-30-14-13-29-51(53)52-36-35-50(39-54(52)59)58(48-27-15-25-46(37-48)56(41-17-5-1-6-18-41)42-19-7-2-8-20-42)49-28-16-26-47(38-49)57(43-21-9-3-10-22-43)44-23-11-4-12-24-44/h1-39H. The Bertz CT molecular complexity index is 2800. The topological polar surface area (TPSA) is 14.7 Å². The molecule has 9 aromatic carbocycles. The summed E-state index contributed by atoms with van der Waals surface area (Å²) >= 11 is 0. The maximum absolute atomic E-state index is 14.3. The van der Waals surface area contributed by atoms with Gasteiger partial charge in [-0.2, -0.15) is 0 Å². The van der Waals surface area contributed by atoms with Gasteiger partial charge < -0.3 is 19.3 Å². The zero-order valence-electron chi connectivity index (χ0n) is 32.2. The molecular weight excluding hydrogens is 724 g/mol. The van der Waals surface area contributed by atoms with Gasteiger partial charge in [0, 0.05) is 67.6 Å². The van der Waals surface area contributed by atoms with E-state index in [-0.39, 0.29) is 5.82 Å². The molecule has 0 fully saturated rings. The minimum Gasteiger partial charge on any atom is -0.310 e. The van der Waals surface area contributed by atoms with Crippen molar-refractivity contribution in [1.29, 1.82) is 0 Å². The molecule has 282 valence electrons.